The highest BCUT2D eigenvalue weighted by Gasteiger charge is 2.22. The van der Waals surface area contributed by atoms with Gasteiger partial charge in [-0.15, -0.1) is 0 Å². The minimum atomic E-state index is 0.0717. The summed E-state index contributed by atoms with van der Waals surface area (Å²) in [6.07, 6.45) is 0. The molecule has 9 heteroatoms. The van der Waals surface area contributed by atoms with Gasteiger partial charge in [-0.3, -0.25) is 4.79 Å². The first kappa shape index (κ1) is 24.2. The molecule has 1 aromatic heterocycles. The monoisotopic (exact) mass is 497 g/mol. The van der Waals surface area contributed by atoms with Crippen molar-refractivity contribution in [3.63, 3.8) is 0 Å². The Kier molecular flexibility index (Phi) is 7.80. The van der Waals surface area contributed by atoms with Crippen molar-refractivity contribution >= 4 is 40.8 Å². The molecule has 7 nitrogen and oxygen atoms in total. The Hall–Kier alpha value is -2.97. The molecule has 0 atom stereocenters. The number of carbonyl (C=O) groups excluding carboxylic acids is 1. The first-order valence-corrected chi connectivity index (χ1v) is 12.4. The lowest BCUT2D eigenvalue weighted by molar-refractivity contribution is 0.0747. The zero-order valence-electron chi connectivity index (χ0n) is 19.6. The summed E-state index contributed by atoms with van der Waals surface area (Å²) in [5, 5.41) is 1.06. The number of rotatable bonds is 7. The first-order chi connectivity index (χ1) is 16.4. The second kappa shape index (κ2) is 11.0. The van der Waals surface area contributed by atoms with E-state index in [1.807, 2.05) is 60.3 Å². The van der Waals surface area contributed by atoms with E-state index >= 15 is 0 Å². The van der Waals surface area contributed by atoms with Crippen LogP contribution in [0.1, 0.15) is 15.9 Å². The summed E-state index contributed by atoms with van der Waals surface area (Å²) in [6.45, 7) is 3.01. The van der Waals surface area contributed by atoms with Crippen molar-refractivity contribution in [2.24, 2.45) is 0 Å². The molecule has 1 aliphatic heterocycles. The van der Waals surface area contributed by atoms with Crippen LogP contribution in [0, 0.1) is 0 Å². The number of benzene rings is 2. The van der Waals surface area contributed by atoms with E-state index in [0.29, 0.717) is 34.7 Å². The number of methoxy groups -OCH3 is 1. The number of hydrogen-bond acceptors (Lipinski definition) is 7. The molecule has 2 aromatic carbocycles. The molecule has 0 N–H and O–H groups in total. The molecular formula is C25H28ClN5O2S. The van der Waals surface area contributed by atoms with Crippen LogP contribution < -0.4 is 14.5 Å². The highest BCUT2D eigenvalue weighted by molar-refractivity contribution is 7.98. The summed E-state index contributed by atoms with van der Waals surface area (Å²) in [5.41, 5.74) is 2.96. The van der Waals surface area contributed by atoms with E-state index in [1.165, 1.54) is 11.8 Å². The number of anilines is 2. The van der Waals surface area contributed by atoms with Gasteiger partial charge in [0.05, 0.1) is 7.11 Å². The maximum Gasteiger partial charge on any atom is 0.253 e. The fourth-order valence-electron chi connectivity index (χ4n) is 3.71. The van der Waals surface area contributed by atoms with E-state index in [0.717, 1.165) is 35.9 Å². The number of aromatic nitrogens is 2. The highest BCUT2D eigenvalue weighted by Crippen LogP contribution is 2.25. The third-order valence-electron chi connectivity index (χ3n) is 5.69. The molecule has 0 unspecified atom stereocenters. The second-order valence-electron chi connectivity index (χ2n) is 8.19. The van der Waals surface area contributed by atoms with E-state index in [4.69, 9.17) is 16.3 Å². The van der Waals surface area contributed by atoms with Gasteiger partial charge in [0.15, 0.2) is 5.16 Å². The summed E-state index contributed by atoms with van der Waals surface area (Å²) in [5.74, 6) is 2.39. The van der Waals surface area contributed by atoms with Crippen LogP contribution in [0.25, 0.3) is 0 Å². The highest BCUT2D eigenvalue weighted by atomic mass is 35.5. The maximum atomic E-state index is 13.0. The molecule has 4 rings (SSSR count). The smallest absolute Gasteiger partial charge is 0.253 e. The van der Waals surface area contributed by atoms with Gasteiger partial charge in [-0.05, 0) is 42.0 Å². The Morgan fingerprint density at radius 2 is 1.71 bits per heavy atom. The van der Waals surface area contributed by atoms with Crippen LogP contribution in [0.4, 0.5) is 11.5 Å². The number of thioether (sulfide) groups is 1. The molecule has 34 heavy (non-hydrogen) atoms. The lowest BCUT2D eigenvalue weighted by Crippen LogP contribution is -2.48. The molecule has 3 aromatic rings. The van der Waals surface area contributed by atoms with E-state index < -0.39 is 0 Å². The normalized spacial score (nSPS) is 13.6. The van der Waals surface area contributed by atoms with Crippen LogP contribution >= 0.6 is 23.4 Å². The molecule has 0 spiro atoms. The Labute approximate surface area is 209 Å². The minimum absolute atomic E-state index is 0.0717. The Bertz CT molecular complexity index is 1120. The van der Waals surface area contributed by atoms with Crippen LogP contribution in [0.5, 0.6) is 5.75 Å². The third kappa shape index (κ3) is 5.93. The molecular weight excluding hydrogens is 470 g/mol. The average molecular weight is 498 g/mol. The number of piperazine rings is 1. The largest absolute Gasteiger partial charge is 0.497 e. The molecule has 1 amide bonds. The van der Waals surface area contributed by atoms with Gasteiger partial charge in [0, 0.05) is 63.3 Å². The molecule has 1 fully saturated rings. The van der Waals surface area contributed by atoms with Crippen molar-refractivity contribution in [3.8, 4) is 5.75 Å². The topological polar surface area (TPSA) is 61.8 Å². The molecule has 0 aliphatic carbocycles. The summed E-state index contributed by atoms with van der Waals surface area (Å²) < 4.78 is 5.23. The van der Waals surface area contributed by atoms with E-state index in [2.05, 4.69) is 27.0 Å². The molecule has 178 valence electrons. The standard InChI is InChI=1S/C25H28ClN5O2S/c1-29(2)23-16-22(26)27-25(28-23)34-17-18-4-6-19(7-5-18)24(32)31-14-12-30(13-15-31)20-8-10-21(33-3)11-9-20/h4-11,16H,12-15,17H2,1-3H3. The third-order valence-corrected chi connectivity index (χ3v) is 6.80. The van der Waals surface area contributed by atoms with Gasteiger partial charge >= 0.3 is 0 Å². The summed E-state index contributed by atoms with van der Waals surface area (Å²) in [6, 6.07) is 17.6. The Morgan fingerprint density at radius 1 is 1.03 bits per heavy atom. The zero-order valence-corrected chi connectivity index (χ0v) is 21.1. The molecule has 0 radical (unpaired) electrons. The molecule has 0 bridgehead atoms. The van der Waals surface area contributed by atoms with Crippen LogP contribution in [-0.2, 0) is 5.75 Å². The lowest BCUT2D eigenvalue weighted by atomic mass is 10.1. The zero-order chi connectivity index (χ0) is 24.1. The summed E-state index contributed by atoms with van der Waals surface area (Å²) in [7, 11) is 5.50. The van der Waals surface area contributed by atoms with Crippen molar-refractivity contribution in [2.75, 3.05) is 57.2 Å². The Morgan fingerprint density at radius 3 is 2.32 bits per heavy atom. The summed E-state index contributed by atoms with van der Waals surface area (Å²) in [4.78, 5) is 27.9. The number of amides is 1. The predicted molar refractivity (Wildman–Crippen MR) is 138 cm³/mol. The molecule has 0 saturated carbocycles. The van der Waals surface area contributed by atoms with Crippen LogP contribution in [0.3, 0.4) is 0 Å². The van der Waals surface area contributed by atoms with Gasteiger partial charge in [-0.25, -0.2) is 9.97 Å². The molecule has 1 aliphatic rings. The number of carbonyl (C=O) groups is 1. The average Bonchev–Trinajstić information content (AvgIpc) is 2.87. The number of nitrogens with zero attached hydrogens (tertiary/aromatic N) is 5. The van der Waals surface area contributed by atoms with E-state index in [9.17, 15) is 4.79 Å². The van der Waals surface area contributed by atoms with E-state index in [1.54, 1.807) is 13.2 Å². The molecule has 1 saturated heterocycles. The van der Waals surface area contributed by atoms with Gasteiger partial charge in [0.1, 0.15) is 16.7 Å². The quantitative estimate of drug-likeness (QED) is 0.271. The second-order valence-corrected chi connectivity index (χ2v) is 9.52. The predicted octanol–water partition coefficient (Wildman–Crippen LogP) is 4.46. The van der Waals surface area contributed by atoms with Gasteiger partial charge in [-0.2, -0.15) is 0 Å². The summed E-state index contributed by atoms with van der Waals surface area (Å²) >= 11 is 7.64. The van der Waals surface area contributed by atoms with Crippen molar-refractivity contribution in [1.29, 1.82) is 0 Å². The fraction of sp³-hybridized carbons (Fsp3) is 0.320. The van der Waals surface area contributed by atoms with Crippen molar-refractivity contribution in [3.05, 3.63) is 70.9 Å². The first-order valence-electron chi connectivity index (χ1n) is 11.0. The van der Waals surface area contributed by atoms with Gasteiger partial charge < -0.3 is 19.4 Å². The minimum Gasteiger partial charge on any atom is -0.497 e. The van der Waals surface area contributed by atoms with E-state index in [-0.39, 0.29) is 5.91 Å². The van der Waals surface area contributed by atoms with Gasteiger partial charge in [0.25, 0.3) is 5.91 Å². The lowest BCUT2D eigenvalue weighted by Gasteiger charge is -2.36. The Balaban J connectivity index is 1.31. The van der Waals surface area contributed by atoms with Crippen LogP contribution in [0.15, 0.2) is 59.8 Å². The van der Waals surface area contributed by atoms with Crippen molar-refractivity contribution in [2.45, 2.75) is 10.9 Å². The SMILES string of the molecule is COc1ccc(N2CCN(C(=O)c3ccc(CSc4nc(Cl)cc(N(C)C)n4)cc3)CC2)cc1. The van der Waals surface area contributed by atoms with Gasteiger partial charge in [-0.1, -0.05) is 35.5 Å². The van der Waals surface area contributed by atoms with Gasteiger partial charge in [0.2, 0.25) is 0 Å². The molecule has 2 heterocycles. The van der Waals surface area contributed by atoms with Crippen LogP contribution in [-0.4, -0.2) is 68.2 Å². The van der Waals surface area contributed by atoms with Crippen LogP contribution in [0.2, 0.25) is 5.15 Å². The fourth-order valence-corrected chi connectivity index (χ4v) is 4.75. The van der Waals surface area contributed by atoms with Crippen molar-refractivity contribution < 1.29 is 9.53 Å². The number of ether oxygens (including phenoxy) is 1. The van der Waals surface area contributed by atoms with Crippen molar-refractivity contribution in [1.82, 2.24) is 14.9 Å². The number of hydrogen-bond donors (Lipinski definition) is 0. The maximum absolute atomic E-state index is 13.0. The number of halogens is 1.